The molecule has 0 radical (unpaired) electrons. The molecular weight excluding hydrogens is 272 g/mol. The number of rotatable bonds is 3. The summed E-state index contributed by atoms with van der Waals surface area (Å²) >= 11 is 0. The maximum absolute atomic E-state index is 12.4. The van der Waals surface area contributed by atoms with Crippen LogP contribution in [0.25, 0.3) is 0 Å². The number of hydrogen-bond donors (Lipinski definition) is 1. The van der Waals surface area contributed by atoms with Crippen LogP contribution in [0.1, 0.15) is 43.2 Å². The van der Waals surface area contributed by atoms with E-state index in [9.17, 15) is 23.5 Å². The third-order valence-electron chi connectivity index (χ3n) is 3.62. The molecule has 1 amide bonds. The summed E-state index contributed by atoms with van der Waals surface area (Å²) in [6.45, 7) is -1.08. The zero-order valence-electron chi connectivity index (χ0n) is 10.9. The summed E-state index contributed by atoms with van der Waals surface area (Å²) in [4.78, 5) is 24.9. The van der Waals surface area contributed by atoms with Crippen molar-refractivity contribution >= 4 is 11.9 Å². The number of carboxylic acid groups (broad SMARTS) is 1. The standard InChI is InChI=1S/C12H15F2N3O3/c1-12(10(19)20)5-2-3-6-16(12)9(18)8-4-7-17(15-8)11(13)14/h4,7,11H,2-3,5-6H2,1H3,(H,19,20). The number of hydrogen-bond acceptors (Lipinski definition) is 3. The van der Waals surface area contributed by atoms with Crippen molar-refractivity contribution in [3.05, 3.63) is 18.0 Å². The molecule has 1 unspecified atom stereocenters. The normalized spacial score (nSPS) is 23.1. The van der Waals surface area contributed by atoms with E-state index < -0.39 is 24.0 Å². The Bertz CT molecular complexity index is 532. The molecule has 1 aliphatic rings. The Labute approximate surface area is 114 Å². The smallest absolute Gasteiger partial charge is 0.333 e. The highest BCUT2D eigenvalue weighted by Gasteiger charge is 2.44. The first-order valence-electron chi connectivity index (χ1n) is 6.25. The minimum atomic E-state index is -2.83. The molecular formula is C12H15F2N3O3. The van der Waals surface area contributed by atoms with Crippen molar-refractivity contribution in [2.45, 2.75) is 38.3 Å². The van der Waals surface area contributed by atoms with Gasteiger partial charge in [0.25, 0.3) is 5.91 Å². The van der Waals surface area contributed by atoms with E-state index in [-0.39, 0.29) is 12.2 Å². The molecule has 0 aromatic carbocycles. The van der Waals surface area contributed by atoms with Crippen LogP contribution in [-0.4, -0.2) is 43.7 Å². The van der Waals surface area contributed by atoms with Gasteiger partial charge in [0, 0.05) is 12.7 Å². The van der Waals surface area contributed by atoms with Crippen molar-refractivity contribution in [3.8, 4) is 0 Å². The van der Waals surface area contributed by atoms with Crippen LogP contribution in [0.4, 0.5) is 8.78 Å². The molecule has 1 aliphatic heterocycles. The van der Waals surface area contributed by atoms with E-state index in [1.165, 1.54) is 17.9 Å². The summed E-state index contributed by atoms with van der Waals surface area (Å²) in [6.07, 6.45) is 2.73. The zero-order chi connectivity index (χ0) is 14.9. The van der Waals surface area contributed by atoms with Crippen molar-refractivity contribution in [1.29, 1.82) is 0 Å². The predicted molar refractivity (Wildman–Crippen MR) is 64.4 cm³/mol. The van der Waals surface area contributed by atoms with Crippen LogP contribution in [0, 0.1) is 0 Å². The van der Waals surface area contributed by atoms with Crippen LogP contribution in [0.5, 0.6) is 0 Å². The summed E-state index contributed by atoms with van der Waals surface area (Å²) in [5.41, 5.74) is -1.48. The molecule has 1 aromatic heterocycles. The number of amides is 1. The third-order valence-corrected chi connectivity index (χ3v) is 3.62. The zero-order valence-corrected chi connectivity index (χ0v) is 10.9. The van der Waals surface area contributed by atoms with Crippen LogP contribution >= 0.6 is 0 Å². The number of halogens is 2. The predicted octanol–water partition coefficient (Wildman–Crippen LogP) is 1.75. The van der Waals surface area contributed by atoms with Gasteiger partial charge < -0.3 is 10.0 Å². The van der Waals surface area contributed by atoms with Gasteiger partial charge in [-0.2, -0.15) is 13.9 Å². The van der Waals surface area contributed by atoms with Gasteiger partial charge in [0.2, 0.25) is 0 Å². The van der Waals surface area contributed by atoms with E-state index in [0.29, 0.717) is 23.9 Å². The molecule has 1 atom stereocenters. The lowest BCUT2D eigenvalue weighted by Gasteiger charge is -2.41. The minimum absolute atomic E-state index is 0.167. The number of likely N-dealkylation sites (tertiary alicyclic amines) is 1. The second-order valence-electron chi connectivity index (χ2n) is 4.95. The number of aromatic nitrogens is 2. The first-order chi connectivity index (χ1) is 9.36. The van der Waals surface area contributed by atoms with Crippen LogP contribution in [0.2, 0.25) is 0 Å². The second-order valence-corrected chi connectivity index (χ2v) is 4.95. The molecule has 110 valence electrons. The molecule has 2 heterocycles. The quantitative estimate of drug-likeness (QED) is 0.919. The molecule has 0 saturated carbocycles. The Kier molecular flexibility index (Phi) is 3.74. The van der Waals surface area contributed by atoms with Crippen molar-refractivity contribution in [2.24, 2.45) is 0 Å². The fourth-order valence-corrected chi connectivity index (χ4v) is 2.37. The van der Waals surface area contributed by atoms with Gasteiger partial charge in [0.05, 0.1) is 0 Å². The van der Waals surface area contributed by atoms with Gasteiger partial charge in [-0.1, -0.05) is 0 Å². The number of carboxylic acids is 1. The average molecular weight is 287 g/mol. The molecule has 1 saturated heterocycles. The van der Waals surface area contributed by atoms with E-state index in [0.717, 1.165) is 6.20 Å². The first kappa shape index (κ1) is 14.4. The third kappa shape index (κ3) is 2.37. The van der Waals surface area contributed by atoms with Crippen LogP contribution < -0.4 is 0 Å². The fraction of sp³-hybridized carbons (Fsp3) is 0.583. The Morgan fingerprint density at radius 1 is 1.45 bits per heavy atom. The molecule has 1 aromatic rings. The number of aliphatic carboxylic acids is 1. The van der Waals surface area contributed by atoms with Gasteiger partial charge in [-0.3, -0.25) is 4.79 Å². The molecule has 0 bridgehead atoms. The fourth-order valence-electron chi connectivity index (χ4n) is 2.37. The number of alkyl halides is 2. The number of nitrogens with zero attached hydrogens (tertiary/aromatic N) is 3. The van der Waals surface area contributed by atoms with Crippen LogP contribution in [0.3, 0.4) is 0 Å². The summed E-state index contributed by atoms with van der Waals surface area (Å²) in [6, 6.07) is 1.17. The van der Waals surface area contributed by atoms with E-state index in [4.69, 9.17) is 0 Å². The number of carbonyl (C=O) groups is 2. The van der Waals surface area contributed by atoms with Gasteiger partial charge in [0.15, 0.2) is 5.69 Å². The Balaban J connectivity index is 2.27. The molecule has 0 spiro atoms. The number of piperidine rings is 1. The lowest BCUT2D eigenvalue weighted by molar-refractivity contribution is -0.150. The molecule has 20 heavy (non-hydrogen) atoms. The Morgan fingerprint density at radius 3 is 2.70 bits per heavy atom. The van der Waals surface area contributed by atoms with E-state index >= 15 is 0 Å². The van der Waals surface area contributed by atoms with Crippen molar-refractivity contribution in [3.63, 3.8) is 0 Å². The second kappa shape index (κ2) is 5.18. The maximum Gasteiger partial charge on any atom is 0.333 e. The largest absolute Gasteiger partial charge is 0.480 e. The minimum Gasteiger partial charge on any atom is -0.480 e. The van der Waals surface area contributed by atoms with Crippen molar-refractivity contribution in [2.75, 3.05) is 6.54 Å². The highest BCUT2D eigenvalue weighted by Crippen LogP contribution is 2.29. The first-order valence-corrected chi connectivity index (χ1v) is 6.25. The summed E-state index contributed by atoms with van der Waals surface area (Å²) in [5.74, 6) is -1.73. The maximum atomic E-state index is 12.4. The lowest BCUT2D eigenvalue weighted by atomic mass is 9.88. The van der Waals surface area contributed by atoms with Crippen LogP contribution in [-0.2, 0) is 4.79 Å². The van der Waals surface area contributed by atoms with Crippen molar-refractivity contribution in [1.82, 2.24) is 14.7 Å². The molecule has 1 fully saturated rings. The Hall–Kier alpha value is -1.99. The summed E-state index contributed by atoms with van der Waals surface area (Å²) in [5, 5.41) is 12.8. The van der Waals surface area contributed by atoms with Gasteiger partial charge in [-0.25, -0.2) is 9.48 Å². The molecule has 1 N–H and O–H groups in total. The highest BCUT2D eigenvalue weighted by atomic mass is 19.3. The van der Waals surface area contributed by atoms with E-state index in [1.54, 1.807) is 0 Å². The molecule has 0 aliphatic carbocycles. The average Bonchev–Trinajstić information content (AvgIpc) is 2.88. The number of carbonyl (C=O) groups excluding carboxylic acids is 1. The molecule has 2 rings (SSSR count). The monoisotopic (exact) mass is 287 g/mol. The van der Waals surface area contributed by atoms with E-state index in [1.807, 2.05) is 0 Å². The van der Waals surface area contributed by atoms with Gasteiger partial charge >= 0.3 is 12.5 Å². The summed E-state index contributed by atoms with van der Waals surface area (Å²) < 4.78 is 25.3. The van der Waals surface area contributed by atoms with E-state index in [2.05, 4.69) is 5.10 Å². The van der Waals surface area contributed by atoms with Crippen LogP contribution in [0.15, 0.2) is 12.3 Å². The van der Waals surface area contributed by atoms with Gasteiger partial charge in [-0.15, -0.1) is 0 Å². The summed E-state index contributed by atoms with van der Waals surface area (Å²) in [7, 11) is 0. The molecule has 6 nitrogen and oxygen atoms in total. The molecule has 8 heteroatoms. The SMILES string of the molecule is CC1(C(=O)O)CCCCN1C(=O)c1ccn(C(F)F)n1. The Morgan fingerprint density at radius 2 is 2.15 bits per heavy atom. The van der Waals surface area contributed by atoms with Gasteiger partial charge in [-0.05, 0) is 32.3 Å². The van der Waals surface area contributed by atoms with Gasteiger partial charge in [0.1, 0.15) is 5.54 Å². The highest BCUT2D eigenvalue weighted by molar-refractivity contribution is 5.96. The lowest BCUT2D eigenvalue weighted by Crippen LogP contribution is -2.57. The topological polar surface area (TPSA) is 75.4 Å². The van der Waals surface area contributed by atoms with Crippen molar-refractivity contribution < 1.29 is 23.5 Å².